The molecule has 0 spiro atoms. The molecule has 2 rings (SSSR count). The number of rotatable bonds is 5. The molecule has 3 N–H and O–H groups in total. The molecule has 2 aromatic heterocycles. The van der Waals surface area contributed by atoms with Crippen LogP contribution in [0.25, 0.3) is 0 Å². The van der Waals surface area contributed by atoms with Crippen LogP contribution >= 0.6 is 27.3 Å². The van der Waals surface area contributed by atoms with Crippen molar-refractivity contribution >= 4 is 38.9 Å². The standard InChI is InChI=1S/C12H15BrN4S/c1-2-4-8(9-5-3-6-18-9)17-12-10(13)11(14)15-7-16-12/h3,5-8H,2,4H2,1H3,(H3,14,15,16,17). The number of hydrogen-bond acceptors (Lipinski definition) is 5. The van der Waals surface area contributed by atoms with Crippen LogP contribution in [-0.4, -0.2) is 9.97 Å². The first-order valence-corrected chi connectivity index (χ1v) is 7.45. The minimum Gasteiger partial charge on any atom is -0.383 e. The second kappa shape index (κ2) is 6.15. The largest absolute Gasteiger partial charge is 0.383 e. The van der Waals surface area contributed by atoms with E-state index in [-0.39, 0.29) is 6.04 Å². The Morgan fingerprint density at radius 3 is 3.00 bits per heavy atom. The van der Waals surface area contributed by atoms with Crippen molar-refractivity contribution in [3.8, 4) is 0 Å². The highest BCUT2D eigenvalue weighted by Gasteiger charge is 2.14. The number of nitrogens with zero attached hydrogens (tertiary/aromatic N) is 2. The molecule has 0 fully saturated rings. The van der Waals surface area contributed by atoms with Crippen molar-refractivity contribution in [2.45, 2.75) is 25.8 Å². The Kier molecular flexibility index (Phi) is 4.54. The lowest BCUT2D eigenvalue weighted by atomic mass is 10.1. The number of halogens is 1. The number of aromatic nitrogens is 2. The first-order valence-electron chi connectivity index (χ1n) is 5.78. The van der Waals surface area contributed by atoms with Crippen molar-refractivity contribution in [3.05, 3.63) is 33.2 Å². The Morgan fingerprint density at radius 2 is 2.33 bits per heavy atom. The van der Waals surface area contributed by atoms with Crippen LogP contribution in [-0.2, 0) is 0 Å². The summed E-state index contributed by atoms with van der Waals surface area (Å²) in [4.78, 5) is 9.47. The Bertz CT molecular complexity index is 501. The summed E-state index contributed by atoms with van der Waals surface area (Å²) < 4.78 is 0.725. The highest BCUT2D eigenvalue weighted by atomic mass is 79.9. The van der Waals surface area contributed by atoms with Gasteiger partial charge in [-0.25, -0.2) is 9.97 Å². The molecule has 4 nitrogen and oxygen atoms in total. The number of nitrogens with two attached hydrogens (primary N) is 1. The smallest absolute Gasteiger partial charge is 0.146 e. The summed E-state index contributed by atoms with van der Waals surface area (Å²) in [5, 5.41) is 5.51. The molecule has 0 saturated heterocycles. The van der Waals surface area contributed by atoms with Crippen LogP contribution in [0.3, 0.4) is 0 Å². The number of anilines is 2. The highest BCUT2D eigenvalue weighted by molar-refractivity contribution is 9.10. The van der Waals surface area contributed by atoms with Crippen LogP contribution in [0.15, 0.2) is 28.3 Å². The van der Waals surface area contributed by atoms with E-state index in [2.05, 4.69) is 55.7 Å². The summed E-state index contributed by atoms with van der Waals surface area (Å²) >= 11 is 5.16. The molecular formula is C12H15BrN4S. The molecule has 2 aromatic rings. The second-order valence-corrected chi connectivity index (χ2v) is 5.69. The maximum absolute atomic E-state index is 5.75. The van der Waals surface area contributed by atoms with E-state index in [0.29, 0.717) is 5.82 Å². The maximum atomic E-state index is 5.75. The van der Waals surface area contributed by atoms with E-state index in [9.17, 15) is 0 Å². The minimum absolute atomic E-state index is 0.264. The van der Waals surface area contributed by atoms with Gasteiger partial charge in [-0.3, -0.25) is 0 Å². The summed E-state index contributed by atoms with van der Waals surface area (Å²) in [5.74, 6) is 1.20. The van der Waals surface area contributed by atoms with Gasteiger partial charge in [-0.1, -0.05) is 19.4 Å². The van der Waals surface area contributed by atoms with Crippen molar-refractivity contribution in [3.63, 3.8) is 0 Å². The average Bonchev–Trinajstić information content (AvgIpc) is 2.88. The van der Waals surface area contributed by atoms with Gasteiger partial charge in [-0.2, -0.15) is 0 Å². The van der Waals surface area contributed by atoms with E-state index in [1.807, 2.05) is 0 Å². The Hall–Kier alpha value is -1.14. The van der Waals surface area contributed by atoms with Crippen LogP contribution in [0, 0.1) is 0 Å². The van der Waals surface area contributed by atoms with Crippen molar-refractivity contribution in [2.75, 3.05) is 11.1 Å². The van der Waals surface area contributed by atoms with Gasteiger partial charge in [-0.15, -0.1) is 11.3 Å². The van der Waals surface area contributed by atoms with E-state index in [1.165, 1.54) is 11.2 Å². The van der Waals surface area contributed by atoms with Gasteiger partial charge in [-0.05, 0) is 33.8 Å². The van der Waals surface area contributed by atoms with Crippen LogP contribution < -0.4 is 11.1 Å². The molecule has 0 aliphatic rings. The van der Waals surface area contributed by atoms with Gasteiger partial charge in [0, 0.05) is 4.88 Å². The second-order valence-electron chi connectivity index (χ2n) is 3.92. The van der Waals surface area contributed by atoms with E-state index in [0.717, 1.165) is 23.1 Å². The van der Waals surface area contributed by atoms with Gasteiger partial charge in [0.05, 0.1) is 6.04 Å². The lowest BCUT2D eigenvalue weighted by molar-refractivity contribution is 0.684. The number of thiophene rings is 1. The van der Waals surface area contributed by atoms with Gasteiger partial charge in [0.25, 0.3) is 0 Å². The van der Waals surface area contributed by atoms with Crippen molar-refractivity contribution in [1.29, 1.82) is 0 Å². The molecule has 0 amide bonds. The molecule has 1 unspecified atom stereocenters. The zero-order chi connectivity index (χ0) is 13.0. The average molecular weight is 327 g/mol. The maximum Gasteiger partial charge on any atom is 0.146 e. The molecular weight excluding hydrogens is 312 g/mol. The Morgan fingerprint density at radius 1 is 1.50 bits per heavy atom. The van der Waals surface area contributed by atoms with Gasteiger partial charge >= 0.3 is 0 Å². The zero-order valence-electron chi connectivity index (χ0n) is 10.1. The third kappa shape index (κ3) is 3.00. The lowest BCUT2D eigenvalue weighted by Gasteiger charge is -2.18. The molecule has 96 valence electrons. The summed E-state index contributed by atoms with van der Waals surface area (Å²) in [6.07, 6.45) is 3.63. The summed E-state index contributed by atoms with van der Waals surface area (Å²) in [6.45, 7) is 2.17. The first-order chi connectivity index (χ1) is 8.72. The normalized spacial score (nSPS) is 12.3. The third-order valence-corrected chi connectivity index (χ3v) is 4.36. The fourth-order valence-corrected chi connectivity index (χ4v) is 2.84. The van der Waals surface area contributed by atoms with Gasteiger partial charge in [0.2, 0.25) is 0 Å². The fourth-order valence-electron chi connectivity index (χ4n) is 1.71. The molecule has 1 atom stereocenters. The molecule has 0 aromatic carbocycles. The summed E-state index contributed by atoms with van der Waals surface area (Å²) in [5.41, 5.74) is 5.75. The highest BCUT2D eigenvalue weighted by Crippen LogP contribution is 2.31. The topological polar surface area (TPSA) is 63.8 Å². The quantitative estimate of drug-likeness (QED) is 0.876. The predicted molar refractivity (Wildman–Crippen MR) is 79.7 cm³/mol. The molecule has 0 saturated carbocycles. The molecule has 6 heteroatoms. The van der Waals surface area contributed by atoms with Crippen molar-refractivity contribution in [2.24, 2.45) is 0 Å². The summed E-state index contributed by atoms with van der Waals surface area (Å²) in [6, 6.07) is 4.46. The van der Waals surface area contributed by atoms with Crippen molar-refractivity contribution < 1.29 is 0 Å². The zero-order valence-corrected chi connectivity index (χ0v) is 12.5. The third-order valence-electron chi connectivity index (χ3n) is 2.59. The SMILES string of the molecule is CCCC(Nc1ncnc(N)c1Br)c1cccs1. The van der Waals surface area contributed by atoms with E-state index < -0.39 is 0 Å². The van der Waals surface area contributed by atoms with Crippen LogP contribution in [0.1, 0.15) is 30.7 Å². The number of nitrogens with one attached hydrogen (secondary N) is 1. The molecule has 2 heterocycles. The van der Waals surface area contributed by atoms with E-state index >= 15 is 0 Å². The Balaban J connectivity index is 2.21. The summed E-state index contributed by atoms with van der Waals surface area (Å²) in [7, 11) is 0. The monoisotopic (exact) mass is 326 g/mol. The van der Waals surface area contributed by atoms with Crippen LogP contribution in [0.4, 0.5) is 11.6 Å². The Labute approximate surface area is 119 Å². The van der Waals surface area contributed by atoms with Crippen molar-refractivity contribution in [1.82, 2.24) is 9.97 Å². The fraction of sp³-hybridized carbons (Fsp3) is 0.333. The molecule has 18 heavy (non-hydrogen) atoms. The van der Waals surface area contributed by atoms with Gasteiger partial charge in [0.1, 0.15) is 22.4 Å². The lowest BCUT2D eigenvalue weighted by Crippen LogP contribution is -2.11. The first kappa shape index (κ1) is 13.3. The van der Waals surface area contributed by atoms with Crippen LogP contribution in [0.5, 0.6) is 0 Å². The minimum atomic E-state index is 0.264. The molecule has 0 radical (unpaired) electrons. The molecule has 0 bridgehead atoms. The predicted octanol–water partition coefficient (Wildman–Crippen LogP) is 3.84. The van der Waals surface area contributed by atoms with Gasteiger partial charge in [0.15, 0.2) is 0 Å². The van der Waals surface area contributed by atoms with E-state index in [4.69, 9.17) is 5.73 Å². The molecule has 0 aliphatic heterocycles. The number of hydrogen-bond donors (Lipinski definition) is 2. The van der Waals surface area contributed by atoms with Crippen LogP contribution in [0.2, 0.25) is 0 Å². The van der Waals surface area contributed by atoms with E-state index in [1.54, 1.807) is 11.3 Å². The van der Waals surface area contributed by atoms with Gasteiger partial charge < -0.3 is 11.1 Å². The molecule has 0 aliphatic carbocycles. The number of nitrogen functional groups attached to an aromatic ring is 1.